The van der Waals surface area contributed by atoms with Crippen molar-refractivity contribution in [2.75, 3.05) is 20.3 Å². The highest BCUT2D eigenvalue weighted by molar-refractivity contribution is 5.69. The quantitative estimate of drug-likeness (QED) is 0.184. The van der Waals surface area contributed by atoms with Crippen LogP contribution in [0.4, 0.5) is 0 Å². The van der Waals surface area contributed by atoms with E-state index in [2.05, 4.69) is 13.0 Å². The van der Waals surface area contributed by atoms with E-state index in [9.17, 15) is 14.7 Å². The molecule has 0 bridgehead atoms. The second kappa shape index (κ2) is 16.1. The lowest BCUT2D eigenvalue weighted by Gasteiger charge is -2.32. The van der Waals surface area contributed by atoms with E-state index in [0.29, 0.717) is 24.2 Å². The Hall–Kier alpha value is -2.12. The Morgan fingerprint density at radius 1 is 1.05 bits per heavy atom. The van der Waals surface area contributed by atoms with E-state index in [-0.39, 0.29) is 37.1 Å². The molecule has 5 atom stereocenters. The molecule has 1 aromatic rings. The average molecular weight is 533 g/mol. The number of unbranched alkanes of at least 4 members (excludes halogenated alkanes) is 6. The van der Waals surface area contributed by atoms with E-state index in [4.69, 9.17) is 19.3 Å². The third kappa shape index (κ3) is 9.26. The zero-order chi connectivity index (χ0) is 27.3. The molecule has 2 N–H and O–H groups in total. The Morgan fingerprint density at radius 3 is 2.55 bits per heavy atom. The zero-order valence-corrected chi connectivity index (χ0v) is 23.4. The Bertz CT molecular complexity index is 870. The SMILES string of the molecule is CCCCCCCCC[C@@H](CC[C@@H]1[C@H]2Cc3cccc(OCC(=O)O)c3C[C@H]2C[C@H]1O)OC(=O)CCOC. The maximum Gasteiger partial charge on any atom is 0.341 e. The molecule has 2 aliphatic carbocycles. The molecule has 1 saturated carbocycles. The molecule has 38 heavy (non-hydrogen) atoms. The molecule has 0 aromatic heterocycles. The van der Waals surface area contributed by atoms with Gasteiger partial charge in [0.15, 0.2) is 6.61 Å². The number of hydrogen-bond acceptors (Lipinski definition) is 6. The summed E-state index contributed by atoms with van der Waals surface area (Å²) in [5.41, 5.74) is 2.28. The number of esters is 1. The molecule has 1 aromatic carbocycles. The van der Waals surface area contributed by atoms with Crippen LogP contribution in [-0.4, -0.2) is 54.7 Å². The number of ether oxygens (including phenoxy) is 3. The first-order valence-electron chi connectivity index (χ1n) is 14.7. The first-order valence-corrected chi connectivity index (χ1v) is 14.7. The molecule has 0 heterocycles. The molecule has 0 unspecified atom stereocenters. The largest absolute Gasteiger partial charge is 0.482 e. The summed E-state index contributed by atoms with van der Waals surface area (Å²) in [6.07, 6.45) is 13.2. The van der Waals surface area contributed by atoms with Crippen LogP contribution >= 0.6 is 0 Å². The lowest BCUT2D eigenvalue weighted by molar-refractivity contribution is -0.151. The zero-order valence-electron chi connectivity index (χ0n) is 23.4. The summed E-state index contributed by atoms with van der Waals surface area (Å²) in [6, 6.07) is 5.87. The number of rotatable bonds is 18. The molecule has 2 aliphatic rings. The minimum atomic E-state index is -0.985. The van der Waals surface area contributed by atoms with E-state index in [1.54, 1.807) is 7.11 Å². The van der Waals surface area contributed by atoms with Crippen molar-refractivity contribution in [3.63, 3.8) is 0 Å². The van der Waals surface area contributed by atoms with Crippen LogP contribution in [0.25, 0.3) is 0 Å². The summed E-state index contributed by atoms with van der Waals surface area (Å²) in [5, 5.41) is 20.1. The summed E-state index contributed by atoms with van der Waals surface area (Å²) in [6.45, 7) is 2.25. The van der Waals surface area contributed by atoms with Crippen molar-refractivity contribution >= 4 is 11.9 Å². The van der Waals surface area contributed by atoms with Gasteiger partial charge in [-0.2, -0.15) is 0 Å². The van der Waals surface area contributed by atoms with E-state index < -0.39 is 5.97 Å². The summed E-state index contributed by atoms with van der Waals surface area (Å²) < 4.78 is 16.5. The fraction of sp³-hybridized carbons (Fsp3) is 0.742. The van der Waals surface area contributed by atoms with E-state index in [1.807, 2.05) is 12.1 Å². The van der Waals surface area contributed by atoms with Crippen molar-refractivity contribution in [2.45, 2.75) is 109 Å². The number of aliphatic carboxylic acids is 1. The van der Waals surface area contributed by atoms with Crippen molar-refractivity contribution in [3.8, 4) is 5.75 Å². The molecule has 0 aliphatic heterocycles. The Kier molecular flexibility index (Phi) is 12.9. The van der Waals surface area contributed by atoms with Gasteiger partial charge in [-0.1, -0.05) is 57.6 Å². The molecule has 3 rings (SSSR count). The van der Waals surface area contributed by atoms with Gasteiger partial charge in [0, 0.05) is 7.11 Å². The van der Waals surface area contributed by atoms with Gasteiger partial charge in [-0.25, -0.2) is 4.79 Å². The highest BCUT2D eigenvalue weighted by atomic mass is 16.5. The van der Waals surface area contributed by atoms with Gasteiger partial charge in [0.05, 0.1) is 19.1 Å². The lowest BCUT2D eigenvalue weighted by Crippen LogP contribution is -2.29. The van der Waals surface area contributed by atoms with Crippen molar-refractivity contribution in [3.05, 3.63) is 29.3 Å². The molecule has 7 nitrogen and oxygen atoms in total. The maximum atomic E-state index is 12.4. The van der Waals surface area contributed by atoms with Crippen molar-refractivity contribution in [2.24, 2.45) is 17.8 Å². The number of carboxylic acids is 1. The van der Waals surface area contributed by atoms with Crippen LogP contribution in [0.1, 0.15) is 95.1 Å². The second-order valence-electron chi connectivity index (χ2n) is 11.2. The maximum absolute atomic E-state index is 12.4. The normalized spacial score (nSPS) is 22.9. The van der Waals surface area contributed by atoms with Crippen LogP contribution in [0.3, 0.4) is 0 Å². The third-order valence-electron chi connectivity index (χ3n) is 8.46. The number of carbonyl (C=O) groups is 2. The number of aliphatic hydroxyl groups is 1. The fourth-order valence-electron chi connectivity index (χ4n) is 6.48. The van der Waals surface area contributed by atoms with Gasteiger partial charge >= 0.3 is 11.9 Å². The van der Waals surface area contributed by atoms with Crippen molar-refractivity contribution in [1.82, 2.24) is 0 Å². The van der Waals surface area contributed by atoms with Gasteiger partial charge in [0.25, 0.3) is 0 Å². The van der Waals surface area contributed by atoms with Gasteiger partial charge in [-0.3, -0.25) is 4.79 Å². The minimum absolute atomic E-state index is 0.117. The summed E-state index contributed by atoms with van der Waals surface area (Å²) in [5.74, 6) is 0.357. The number of methoxy groups -OCH3 is 1. The van der Waals surface area contributed by atoms with E-state index in [0.717, 1.165) is 56.9 Å². The van der Waals surface area contributed by atoms with Gasteiger partial charge in [-0.15, -0.1) is 0 Å². The van der Waals surface area contributed by atoms with E-state index in [1.165, 1.54) is 37.7 Å². The van der Waals surface area contributed by atoms with E-state index >= 15 is 0 Å². The predicted octanol–water partition coefficient (Wildman–Crippen LogP) is 5.73. The highest BCUT2D eigenvalue weighted by Gasteiger charge is 2.45. The first kappa shape index (κ1) is 30.4. The minimum Gasteiger partial charge on any atom is -0.482 e. The van der Waals surface area contributed by atoms with Crippen molar-refractivity contribution < 1.29 is 34.0 Å². The molecule has 1 fully saturated rings. The summed E-state index contributed by atoms with van der Waals surface area (Å²) in [4.78, 5) is 23.4. The summed E-state index contributed by atoms with van der Waals surface area (Å²) >= 11 is 0. The fourth-order valence-corrected chi connectivity index (χ4v) is 6.48. The third-order valence-corrected chi connectivity index (χ3v) is 8.46. The first-order chi connectivity index (χ1) is 18.4. The monoisotopic (exact) mass is 532 g/mol. The molecule has 214 valence electrons. The molecule has 7 heteroatoms. The van der Waals surface area contributed by atoms with Crippen LogP contribution < -0.4 is 4.74 Å². The molecular weight excluding hydrogens is 484 g/mol. The van der Waals surface area contributed by atoms with Gasteiger partial charge in [0.2, 0.25) is 0 Å². The lowest BCUT2D eigenvalue weighted by atomic mass is 9.73. The second-order valence-corrected chi connectivity index (χ2v) is 11.2. The van der Waals surface area contributed by atoms with Gasteiger partial charge in [0.1, 0.15) is 11.9 Å². The molecular formula is C31H48O7. The number of benzene rings is 1. The molecule has 0 amide bonds. The van der Waals surface area contributed by atoms with Crippen LogP contribution in [-0.2, 0) is 31.9 Å². The summed E-state index contributed by atoms with van der Waals surface area (Å²) in [7, 11) is 1.59. The standard InChI is InChI=1S/C31H48O7/c1-3-4-5-6-7-8-9-12-24(38-31(35)16-17-36-2)14-15-25-26-18-22-11-10-13-29(37-21-30(33)34)27(22)19-23(26)20-28(25)32/h10-11,13,23-26,28,32H,3-9,12,14-21H2,1-2H3,(H,33,34)/t23-,24-,25+,26-,28+/m0/s1. The highest BCUT2D eigenvalue weighted by Crippen LogP contribution is 2.48. The van der Waals surface area contributed by atoms with Crippen LogP contribution in [0, 0.1) is 17.8 Å². The number of aliphatic hydroxyl groups excluding tert-OH is 1. The number of carbonyl (C=O) groups excluding carboxylic acids is 1. The van der Waals surface area contributed by atoms with Crippen LogP contribution in [0.5, 0.6) is 5.75 Å². The topological polar surface area (TPSA) is 102 Å². The Labute approximate surface area is 228 Å². The van der Waals surface area contributed by atoms with Crippen LogP contribution in [0.2, 0.25) is 0 Å². The Balaban J connectivity index is 1.57. The number of fused-ring (bicyclic) bond motifs is 2. The predicted molar refractivity (Wildman–Crippen MR) is 146 cm³/mol. The Morgan fingerprint density at radius 2 is 1.82 bits per heavy atom. The average Bonchev–Trinajstić information content (AvgIpc) is 3.20. The number of carboxylic acid groups (broad SMARTS) is 1. The molecule has 0 saturated heterocycles. The van der Waals surface area contributed by atoms with Crippen molar-refractivity contribution in [1.29, 1.82) is 0 Å². The van der Waals surface area contributed by atoms with Gasteiger partial charge in [-0.05, 0) is 79.9 Å². The molecule has 0 spiro atoms. The number of hydrogen-bond donors (Lipinski definition) is 2. The van der Waals surface area contributed by atoms with Gasteiger partial charge < -0.3 is 24.4 Å². The smallest absolute Gasteiger partial charge is 0.341 e. The molecule has 0 radical (unpaired) electrons. The van der Waals surface area contributed by atoms with Crippen LogP contribution in [0.15, 0.2) is 18.2 Å².